The van der Waals surface area contributed by atoms with Crippen LogP contribution in [0, 0.1) is 0 Å². The molecule has 0 saturated carbocycles. The van der Waals surface area contributed by atoms with Crippen LogP contribution in [0.3, 0.4) is 0 Å². The number of benzene rings is 1. The van der Waals surface area contributed by atoms with E-state index in [0.717, 1.165) is 30.9 Å². The third-order valence-electron chi connectivity index (χ3n) is 4.17. The Labute approximate surface area is 135 Å². The van der Waals surface area contributed by atoms with Gasteiger partial charge in [0, 0.05) is 6.42 Å². The van der Waals surface area contributed by atoms with Gasteiger partial charge in [-0.3, -0.25) is 0 Å². The van der Waals surface area contributed by atoms with Gasteiger partial charge in [0.25, 0.3) is 5.92 Å². The highest BCUT2D eigenvalue weighted by Crippen LogP contribution is 2.31. The second kappa shape index (κ2) is 8.78. The number of hydrogen-bond donors (Lipinski definition) is 0. The van der Waals surface area contributed by atoms with Gasteiger partial charge in [-0.25, -0.2) is 8.78 Å². The van der Waals surface area contributed by atoms with Crippen LogP contribution in [0.4, 0.5) is 8.78 Å². The minimum Gasteiger partial charge on any atom is -0.404 e. The van der Waals surface area contributed by atoms with Crippen LogP contribution in [0.1, 0.15) is 52.4 Å². The molecule has 126 valence electrons. The van der Waals surface area contributed by atoms with E-state index in [1.54, 1.807) is 6.92 Å². The maximum atomic E-state index is 14.3. The minimum absolute atomic E-state index is 0.162. The van der Waals surface area contributed by atoms with Crippen molar-refractivity contribution in [3.8, 4) is 0 Å². The van der Waals surface area contributed by atoms with E-state index < -0.39 is 20.3 Å². The van der Waals surface area contributed by atoms with Crippen molar-refractivity contribution in [1.82, 2.24) is 0 Å². The predicted octanol–water partition coefficient (Wildman–Crippen LogP) is 5.50. The molecule has 0 amide bonds. The molecule has 0 aliphatic carbocycles. The first kappa shape index (κ1) is 19.3. The van der Waals surface area contributed by atoms with Crippen LogP contribution in [-0.4, -0.2) is 20.3 Å². The zero-order valence-corrected chi connectivity index (χ0v) is 15.4. The predicted molar refractivity (Wildman–Crippen MR) is 92.4 cm³/mol. The fraction of sp³-hybridized carbons (Fsp3) is 0.667. The van der Waals surface area contributed by atoms with Crippen molar-refractivity contribution in [3.63, 3.8) is 0 Å². The largest absolute Gasteiger partial charge is 0.404 e. The molecule has 22 heavy (non-hydrogen) atoms. The molecule has 1 rings (SSSR count). The first-order valence-electron chi connectivity index (χ1n) is 8.44. The minimum atomic E-state index is -2.74. The molecule has 4 heteroatoms. The second-order valence-corrected chi connectivity index (χ2v) is 10.3. The molecule has 0 aromatic heterocycles. The number of alkyl halides is 2. The summed E-state index contributed by atoms with van der Waals surface area (Å²) in [5, 5.41) is 1.07. The normalized spacial score (nSPS) is 14.1. The van der Waals surface area contributed by atoms with Gasteiger partial charge < -0.3 is 4.43 Å². The SMILES string of the molecule is CCCCCCC(O[Si](C)(C)c1ccccc1)C(F)(F)CC. The molecular weight excluding hydrogens is 298 g/mol. The molecule has 0 saturated heterocycles. The Morgan fingerprint density at radius 3 is 2.23 bits per heavy atom. The summed E-state index contributed by atoms with van der Waals surface area (Å²) in [7, 11) is -2.32. The molecule has 1 nitrogen and oxygen atoms in total. The Kier molecular flexibility index (Phi) is 7.70. The number of halogens is 2. The van der Waals surface area contributed by atoms with E-state index in [1.807, 2.05) is 43.4 Å². The van der Waals surface area contributed by atoms with E-state index in [0.29, 0.717) is 6.42 Å². The fourth-order valence-electron chi connectivity index (χ4n) is 2.60. The van der Waals surface area contributed by atoms with Crippen molar-refractivity contribution < 1.29 is 13.2 Å². The first-order valence-corrected chi connectivity index (χ1v) is 11.4. The van der Waals surface area contributed by atoms with Crippen LogP contribution in [-0.2, 0) is 4.43 Å². The topological polar surface area (TPSA) is 9.23 Å². The van der Waals surface area contributed by atoms with Gasteiger partial charge in [0.05, 0.1) is 0 Å². The summed E-state index contributed by atoms with van der Waals surface area (Å²) in [6.45, 7) is 7.68. The zero-order chi connectivity index (χ0) is 16.6. The van der Waals surface area contributed by atoms with Gasteiger partial charge in [-0.05, 0) is 24.7 Å². The van der Waals surface area contributed by atoms with Crippen LogP contribution in [0.15, 0.2) is 30.3 Å². The number of hydrogen-bond acceptors (Lipinski definition) is 1. The van der Waals surface area contributed by atoms with Crippen LogP contribution < -0.4 is 5.19 Å². The molecule has 0 bridgehead atoms. The van der Waals surface area contributed by atoms with Crippen molar-refractivity contribution >= 4 is 13.5 Å². The van der Waals surface area contributed by atoms with E-state index in [-0.39, 0.29) is 6.42 Å². The Morgan fingerprint density at radius 2 is 1.68 bits per heavy atom. The molecule has 0 N–H and O–H groups in total. The molecule has 0 aliphatic rings. The number of unbranched alkanes of at least 4 members (excludes halogenated alkanes) is 3. The molecule has 1 aromatic rings. The molecule has 0 heterocycles. The first-order chi connectivity index (χ1) is 10.3. The lowest BCUT2D eigenvalue weighted by Gasteiger charge is -2.34. The summed E-state index contributed by atoms with van der Waals surface area (Å²) in [5.74, 6) is -2.74. The van der Waals surface area contributed by atoms with Gasteiger partial charge in [0.2, 0.25) is 8.32 Å². The summed E-state index contributed by atoms with van der Waals surface area (Å²) < 4.78 is 34.6. The van der Waals surface area contributed by atoms with E-state index in [4.69, 9.17) is 4.43 Å². The van der Waals surface area contributed by atoms with Gasteiger partial charge in [-0.1, -0.05) is 69.9 Å². The smallest absolute Gasteiger partial charge is 0.272 e. The molecule has 0 fully saturated rings. The van der Waals surface area contributed by atoms with Crippen molar-refractivity contribution in [2.45, 2.75) is 77.5 Å². The Hall–Kier alpha value is -0.743. The van der Waals surface area contributed by atoms with Gasteiger partial charge in [-0.2, -0.15) is 0 Å². The molecule has 1 unspecified atom stereocenters. The quantitative estimate of drug-likeness (QED) is 0.407. The van der Waals surface area contributed by atoms with Crippen LogP contribution in [0.5, 0.6) is 0 Å². The molecule has 1 atom stereocenters. The maximum absolute atomic E-state index is 14.3. The monoisotopic (exact) mass is 328 g/mol. The third kappa shape index (κ3) is 5.80. The molecule has 1 aromatic carbocycles. The number of rotatable bonds is 10. The van der Waals surface area contributed by atoms with Crippen LogP contribution in [0.2, 0.25) is 13.1 Å². The zero-order valence-electron chi connectivity index (χ0n) is 14.4. The maximum Gasteiger partial charge on any atom is 0.272 e. The highest BCUT2D eigenvalue weighted by Gasteiger charge is 2.42. The average molecular weight is 329 g/mol. The van der Waals surface area contributed by atoms with Crippen molar-refractivity contribution in [2.24, 2.45) is 0 Å². The molecule has 0 spiro atoms. The van der Waals surface area contributed by atoms with Crippen molar-refractivity contribution in [1.29, 1.82) is 0 Å². The second-order valence-electron chi connectivity index (χ2n) is 6.45. The standard InChI is InChI=1S/C18H30F2OSi/c1-5-7-8-12-15-17(18(19,20)6-2)21-22(3,4)16-13-10-9-11-14-16/h9-11,13-14,17H,5-8,12,15H2,1-4H3. The van der Waals surface area contributed by atoms with Gasteiger partial charge in [0.1, 0.15) is 6.10 Å². The fourth-order valence-corrected chi connectivity index (χ4v) is 4.74. The summed E-state index contributed by atoms with van der Waals surface area (Å²) >= 11 is 0. The average Bonchev–Trinajstić information content (AvgIpc) is 2.51. The van der Waals surface area contributed by atoms with Crippen molar-refractivity contribution in [3.05, 3.63) is 30.3 Å². The lowest BCUT2D eigenvalue weighted by molar-refractivity contribution is -0.104. The third-order valence-corrected chi connectivity index (χ3v) is 6.77. The van der Waals surface area contributed by atoms with Gasteiger partial charge in [-0.15, -0.1) is 0 Å². The van der Waals surface area contributed by atoms with Crippen LogP contribution >= 0.6 is 0 Å². The Balaban J connectivity index is 2.78. The summed E-state index contributed by atoms with van der Waals surface area (Å²) in [6.07, 6.45) is 3.35. The Morgan fingerprint density at radius 1 is 1.05 bits per heavy atom. The molecule has 0 radical (unpaired) electrons. The van der Waals surface area contributed by atoms with Gasteiger partial charge in [0.15, 0.2) is 0 Å². The molecule has 0 aliphatic heterocycles. The van der Waals surface area contributed by atoms with Crippen LogP contribution in [0.25, 0.3) is 0 Å². The lowest BCUT2D eigenvalue weighted by atomic mass is 10.0. The van der Waals surface area contributed by atoms with Crippen molar-refractivity contribution in [2.75, 3.05) is 0 Å². The lowest BCUT2D eigenvalue weighted by Crippen LogP contribution is -2.51. The summed E-state index contributed by atoms with van der Waals surface area (Å²) in [4.78, 5) is 0. The van der Waals surface area contributed by atoms with E-state index in [2.05, 4.69) is 6.92 Å². The summed E-state index contributed by atoms with van der Waals surface area (Å²) in [6, 6.07) is 9.81. The van der Waals surface area contributed by atoms with E-state index in [1.165, 1.54) is 0 Å². The van der Waals surface area contributed by atoms with E-state index in [9.17, 15) is 8.78 Å². The molecular formula is C18H30F2OSi. The highest BCUT2D eigenvalue weighted by molar-refractivity contribution is 6.84. The van der Waals surface area contributed by atoms with Gasteiger partial charge >= 0.3 is 0 Å². The summed E-state index contributed by atoms with van der Waals surface area (Å²) in [5.41, 5.74) is 0. The van der Waals surface area contributed by atoms with E-state index >= 15 is 0 Å². The Bertz CT molecular complexity index is 420. The highest BCUT2D eigenvalue weighted by atomic mass is 28.4.